The molecule has 0 radical (unpaired) electrons. The zero-order valence-electron chi connectivity index (χ0n) is 23.0. The number of rotatable bonds is 11. The normalized spacial score (nSPS) is 27.7. The minimum absolute atomic E-state index is 0.0587. The van der Waals surface area contributed by atoms with E-state index in [4.69, 9.17) is 34.5 Å². The molecule has 4 aromatic heterocycles. The first kappa shape index (κ1) is 31.5. The van der Waals surface area contributed by atoms with Crippen LogP contribution in [-0.4, -0.2) is 71.0 Å². The summed E-state index contributed by atoms with van der Waals surface area (Å²) in [5, 5.41) is 0. The van der Waals surface area contributed by atoms with E-state index in [1.807, 2.05) is 0 Å². The van der Waals surface area contributed by atoms with Gasteiger partial charge in [-0.1, -0.05) is 30.5 Å². The minimum Gasteiger partial charge on any atom is -0.382 e. The van der Waals surface area contributed by atoms with Crippen LogP contribution in [0.25, 0.3) is 21.5 Å². The van der Waals surface area contributed by atoms with Crippen LogP contribution in [0, 0.1) is 11.8 Å². The highest BCUT2D eigenvalue weighted by Crippen LogP contribution is 2.55. The molecule has 5 N–H and O–H groups in total. The SMILES string of the molecule is CC1C(COP(=O)(S)OCC2CC[C@H](n3cnc4c(N)ncnc43)O2)[C@@H](CO[PH](=O)O)O[C@H]1n1c(=O)sc2c(N)ncnc21. The van der Waals surface area contributed by atoms with Crippen LogP contribution in [0.3, 0.4) is 0 Å². The van der Waals surface area contributed by atoms with Gasteiger partial charge in [0, 0.05) is 11.8 Å². The molecular formula is C22H29N9O9P2S2. The molecule has 2 aliphatic rings. The number of aromatic nitrogens is 7. The predicted molar refractivity (Wildman–Crippen MR) is 161 cm³/mol. The van der Waals surface area contributed by atoms with Gasteiger partial charge in [0.15, 0.2) is 17.1 Å². The zero-order valence-corrected chi connectivity index (χ0v) is 26.6. The second kappa shape index (κ2) is 12.7. The lowest BCUT2D eigenvalue weighted by molar-refractivity contribution is -0.0339. The standard InChI is InChI=1S/C22H29N9O9P2S2/c1-10-12(13(6-36-41(33)34)40-21(10)31-20-16(44-22(31)32)18(24)26-8-28-20)5-38-42(35,43)37-4-11-2-3-14(39-11)30-9-29-15-17(23)25-7-27-19(15)30/h7-14,21,41H,2-6H2,1H3,(H,33,34)(H,35,43)(H2,23,25,27)(H2,24,26,28)/t10?,11?,12?,13-,14-,21-,42?/m1/s1. The quantitative estimate of drug-likeness (QED) is 0.130. The third-order valence-electron chi connectivity index (χ3n) is 7.61. The molecule has 0 aromatic carbocycles. The lowest BCUT2D eigenvalue weighted by atomic mass is 9.92. The van der Waals surface area contributed by atoms with E-state index >= 15 is 0 Å². The molecule has 8 atom stereocenters. The van der Waals surface area contributed by atoms with Crippen molar-refractivity contribution in [2.75, 3.05) is 31.3 Å². The summed E-state index contributed by atoms with van der Waals surface area (Å²) in [6, 6.07) is 0. The molecule has 0 aliphatic carbocycles. The van der Waals surface area contributed by atoms with Crippen molar-refractivity contribution in [3.8, 4) is 0 Å². The summed E-state index contributed by atoms with van der Waals surface area (Å²) in [6.07, 6.45) is 2.97. The largest absolute Gasteiger partial charge is 0.386 e. The number of hydrogen-bond donors (Lipinski definition) is 4. The highest BCUT2D eigenvalue weighted by atomic mass is 32.7. The second-order valence-corrected chi connectivity index (χ2v) is 15.0. The highest BCUT2D eigenvalue weighted by molar-refractivity contribution is 8.44. The van der Waals surface area contributed by atoms with Gasteiger partial charge in [-0.15, -0.1) is 0 Å². The Hall–Kier alpha value is -2.51. The van der Waals surface area contributed by atoms with Crippen molar-refractivity contribution in [3.05, 3.63) is 28.6 Å². The third-order valence-corrected chi connectivity index (χ3v) is 10.6. The van der Waals surface area contributed by atoms with Gasteiger partial charge in [0.05, 0.1) is 38.4 Å². The molecule has 0 saturated carbocycles. The van der Waals surface area contributed by atoms with Gasteiger partial charge in [-0.25, -0.2) is 29.5 Å². The predicted octanol–water partition coefficient (Wildman–Crippen LogP) is 2.15. The van der Waals surface area contributed by atoms with Crippen LogP contribution in [0.5, 0.6) is 0 Å². The average Bonchev–Trinajstić information content (AvgIpc) is 3.75. The summed E-state index contributed by atoms with van der Waals surface area (Å²) in [5.74, 6) is -0.543. The number of thiazole rings is 1. The van der Waals surface area contributed by atoms with Crippen LogP contribution in [0.1, 0.15) is 32.2 Å². The highest BCUT2D eigenvalue weighted by Gasteiger charge is 2.45. The first-order valence-corrected chi connectivity index (χ1v) is 18.1. The lowest BCUT2D eigenvalue weighted by Gasteiger charge is -2.23. The molecule has 44 heavy (non-hydrogen) atoms. The van der Waals surface area contributed by atoms with Crippen LogP contribution in [-0.2, 0) is 32.2 Å². The number of nitrogen functional groups attached to an aromatic ring is 2. The first-order valence-electron chi connectivity index (χ1n) is 13.4. The van der Waals surface area contributed by atoms with E-state index < -0.39 is 45.3 Å². The van der Waals surface area contributed by atoms with E-state index in [0.717, 1.165) is 11.3 Å². The van der Waals surface area contributed by atoms with Gasteiger partial charge >= 0.3 is 19.9 Å². The third kappa shape index (κ3) is 6.28. The number of hydrogen-bond acceptors (Lipinski definition) is 16. The number of ether oxygens (including phenoxy) is 2. The topological polar surface area (TPSA) is 244 Å². The van der Waals surface area contributed by atoms with Crippen LogP contribution >= 0.6 is 38.6 Å². The van der Waals surface area contributed by atoms with Crippen molar-refractivity contribution in [2.24, 2.45) is 11.8 Å². The smallest absolute Gasteiger partial charge is 0.382 e. The summed E-state index contributed by atoms with van der Waals surface area (Å²) in [4.78, 5) is 42.4. The van der Waals surface area contributed by atoms with Crippen molar-refractivity contribution < 1.29 is 37.1 Å². The molecule has 0 spiro atoms. The maximum atomic E-state index is 13.2. The molecule has 18 nitrogen and oxygen atoms in total. The Balaban J connectivity index is 1.10. The molecule has 22 heteroatoms. The van der Waals surface area contributed by atoms with Gasteiger partial charge < -0.3 is 34.9 Å². The summed E-state index contributed by atoms with van der Waals surface area (Å²) < 4.78 is 56.4. The van der Waals surface area contributed by atoms with Crippen molar-refractivity contribution in [1.29, 1.82) is 0 Å². The Labute approximate surface area is 258 Å². The Morgan fingerprint density at radius 3 is 2.59 bits per heavy atom. The summed E-state index contributed by atoms with van der Waals surface area (Å²) >= 11 is 5.02. The van der Waals surface area contributed by atoms with Crippen LogP contribution in [0.15, 0.2) is 23.8 Å². The van der Waals surface area contributed by atoms with Gasteiger partial charge in [0.25, 0.3) is 0 Å². The monoisotopic (exact) mass is 689 g/mol. The number of fused-ring (bicyclic) bond motifs is 2. The Bertz CT molecular complexity index is 1810. The molecule has 238 valence electrons. The van der Waals surface area contributed by atoms with E-state index in [-0.39, 0.29) is 42.6 Å². The number of anilines is 2. The molecule has 6 heterocycles. The minimum atomic E-state index is -3.90. The Kier molecular flexibility index (Phi) is 9.09. The maximum absolute atomic E-state index is 13.2. The Morgan fingerprint density at radius 2 is 1.82 bits per heavy atom. The van der Waals surface area contributed by atoms with Crippen LogP contribution < -0.4 is 16.3 Å². The molecule has 2 aliphatic heterocycles. The summed E-state index contributed by atoms with van der Waals surface area (Å²) in [6.45, 7) is -2.60. The fraction of sp³-hybridized carbons (Fsp3) is 0.545. The lowest BCUT2D eigenvalue weighted by Crippen LogP contribution is -2.28. The molecule has 2 saturated heterocycles. The second-order valence-electron chi connectivity index (χ2n) is 10.2. The van der Waals surface area contributed by atoms with Gasteiger partial charge in [-0.05, 0) is 12.8 Å². The molecule has 2 fully saturated rings. The Morgan fingerprint density at radius 1 is 1.09 bits per heavy atom. The number of nitrogens with zero attached hydrogens (tertiary/aromatic N) is 7. The number of nitrogens with two attached hydrogens (primary N) is 2. The zero-order chi connectivity index (χ0) is 31.2. The summed E-state index contributed by atoms with van der Waals surface area (Å²) in [7, 11) is -3.28. The fourth-order valence-electron chi connectivity index (χ4n) is 5.41. The fourth-order valence-corrected chi connectivity index (χ4v) is 7.77. The number of imidazole rings is 1. The van der Waals surface area contributed by atoms with Crippen molar-refractivity contribution in [2.45, 2.75) is 44.4 Å². The van der Waals surface area contributed by atoms with Crippen molar-refractivity contribution in [3.63, 3.8) is 0 Å². The van der Waals surface area contributed by atoms with E-state index in [0.29, 0.717) is 34.4 Å². The van der Waals surface area contributed by atoms with E-state index in [1.54, 1.807) is 17.8 Å². The van der Waals surface area contributed by atoms with Gasteiger partial charge in [-0.2, -0.15) is 0 Å². The molecule has 6 rings (SSSR count). The molecule has 4 aromatic rings. The van der Waals surface area contributed by atoms with Gasteiger partial charge in [0.1, 0.15) is 41.1 Å². The van der Waals surface area contributed by atoms with Crippen LogP contribution in [0.4, 0.5) is 11.6 Å². The molecule has 0 bridgehead atoms. The van der Waals surface area contributed by atoms with Gasteiger partial charge in [0.2, 0.25) is 0 Å². The van der Waals surface area contributed by atoms with E-state index in [9.17, 15) is 18.8 Å². The molecular weight excluding hydrogens is 660 g/mol. The van der Waals surface area contributed by atoms with Crippen molar-refractivity contribution in [1.82, 2.24) is 34.1 Å². The molecule has 5 unspecified atom stereocenters. The van der Waals surface area contributed by atoms with Gasteiger partial charge in [-0.3, -0.25) is 23.0 Å². The van der Waals surface area contributed by atoms with Crippen LogP contribution in [0.2, 0.25) is 0 Å². The maximum Gasteiger partial charge on any atom is 0.386 e. The number of thiol groups is 1. The average molecular weight is 690 g/mol. The first-order chi connectivity index (χ1) is 21.0. The van der Waals surface area contributed by atoms with E-state index in [1.165, 1.54) is 17.2 Å². The van der Waals surface area contributed by atoms with Crippen molar-refractivity contribution >= 4 is 71.8 Å². The van der Waals surface area contributed by atoms with E-state index in [2.05, 4.69) is 37.2 Å². The summed E-state index contributed by atoms with van der Waals surface area (Å²) in [5.41, 5.74) is 13.1. The molecule has 0 amide bonds.